The van der Waals surface area contributed by atoms with Crippen molar-refractivity contribution in [3.8, 4) is 0 Å². The van der Waals surface area contributed by atoms with Crippen molar-refractivity contribution in [2.75, 3.05) is 11.9 Å². The molecule has 1 aliphatic heterocycles. The lowest BCUT2D eigenvalue weighted by Gasteiger charge is -2.13. The van der Waals surface area contributed by atoms with Gasteiger partial charge in [-0.3, -0.25) is 4.79 Å². The molecule has 0 bridgehead atoms. The molecule has 1 fully saturated rings. The van der Waals surface area contributed by atoms with Crippen molar-refractivity contribution in [2.45, 2.75) is 25.3 Å². The molecule has 1 saturated heterocycles. The smallest absolute Gasteiger partial charge is 0.222 e. The van der Waals surface area contributed by atoms with Gasteiger partial charge in [-0.05, 0) is 25.0 Å². The number of fused-ring (bicyclic) bond motifs is 1. The van der Waals surface area contributed by atoms with Crippen molar-refractivity contribution >= 4 is 32.6 Å². The Labute approximate surface area is 109 Å². The molecule has 18 heavy (non-hydrogen) atoms. The first-order chi connectivity index (χ1) is 8.81. The minimum absolute atomic E-state index is 0.131. The number of benzene rings is 1. The Balaban J connectivity index is 1.76. The van der Waals surface area contributed by atoms with Gasteiger partial charge in [0.1, 0.15) is 0 Å². The quantitative estimate of drug-likeness (QED) is 0.872. The van der Waals surface area contributed by atoms with E-state index < -0.39 is 0 Å². The number of thiazole rings is 1. The fourth-order valence-electron chi connectivity index (χ4n) is 2.21. The molecule has 2 heterocycles. The largest absolute Gasteiger partial charge is 0.358 e. The zero-order chi connectivity index (χ0) is 12.4. The number of rotatable bonds is 2. The van der Waals surface area contributed by atoms with Crippen molar-refractivity contribution in [3.63, 3.8) is 0 Å². The molecular formula is C13H15N3OS. The molecule has 1 aromatic heterocycles. The SMILES string of the molecule is O=C1CC(Nc2nc3ccccc3s2)CCCN1. The van der Waals surface area contributed by atoms with Crippen LogP contribution in [0.15, 0.2) is 24.3 Å². The lowest BCUT2D eigenvalue weighted by Crippen LogP contribution is -2.26. The van der Waals surface area contributed by atoms with Crippen molar-refractivity contribution in [2.24, 2.45) is 0 Å². The van der Waals surface area contributed by atoms with Crippen molar-refractivity contribution in [3.05, 3.63) is 24.3 Å². The normalized spacial score (nSPS) is 20.4. The molecular weight excluding hydrogens is 246 g/mol. The standard InChI is InChI=1S/C13H15N3OS/c17-12-8-9(4-3-7-14-12)15-13-16-10-5-1-2-6-11(10)18-13/h1-2,5-6,9H,3-4,7-8H2,(H,14,17)(H,15,16). The van der Waals surface area contributed by atoms with Gasteiger partial charge < -0.3 is 10.6 Å². The van der Waals surface area contributed by atoms with E-state index in [2.05, 4.69) is 21.7 Å². The van der Waals surface area contributed by atoms with Crippen LogP contribution in [0.1, 0.15) is 19.3 Å². The maximum absolute atomic E-state index is 11.5. The van der Waals surface area contributed by atoms with E-state index >= 15 is 0 Å². The van der Waals surface area contributed by atoms with E-state index in [-0.39, 0.29) is 11.9 Å². The molecule has 1 aromatic carbocycles. The van der Waals surface area contributed by atoms with E-state index in [0.29, 0.717) is 6.42 Å². The maximum atomic E-state index is 11.5. The van der Waals surface area contributed by atoms with Crippen LogP contribution in [0.25, 0.3) is 10.2 Å². The third-order valence-corrected chi connectivity index (χ3v) is 4.07. The molecule has 0 aliphatic carbocycles. The summed E-state index contributed by atoms with van der Waals surface area (Å²) in [5.41, 5.74) is 1.02. The molecule has 2 N–H and O–H groups in total. The van der Waals surface area contributed by atoms with Crippen LogP contribution in [0.2, 0.25) is 0 Å². The number of nitrogens with zero attached hydrogens (tertiary/aromatic N) is 1. The number of para-hydroxylation sites is 1. The van der Waals surface area contributed by atoms with Gasteiger partial charge in [0.15, 0.2) is 5.13 Å². The number of hydrogen-bond donors (Lipinski definition) is 2. The molecule has 5 heteroatoms. The summed E-state index contributed by atoms with van der Waals surface area (Å²) in [6.07, 6.45) is 2.57. The Bertz CT molecular complexity index is 533. The van der Waals surface area contributed by atoms with Gasteiger partial charge in [-0.25, -0.2) is 4.98 Å². The Morgan fingerprint density at radius 2 is 2.28 bits per heavy atom. The second-order valence-corrected chi connectivity index (χ2v) is 5.55. The zero-order valence-corrected chi connectivity index (χ0v) is 10.8. The molecule has 1 aliphatic rings. The predicted octanol–water partition coefficient (Wildman–Crippen LogP) is 2.38. The average molecular weight is 261 g/mol. The molecule has 0 saturated carbocycles. The first kappa shape index (κ1) is 11.5. The maximum Gasteiger partial charge on any atom is 0.222 e. The van der Waals surface area contributed by atoms with Crippen LogP contribution in [0.5, 0.6) is 0 Å². The predicted molar refractivity (Wildman–Crippen MR) is 73.9 cm³/mol. The summed E-state index contributed by atoms with van der Waals surface area (Å²) in [5.74, 6) is 0.131. The van der Waals surface area contributed by atoms with E-state index in [1.807, 2.05) is 18.2 Å². The molecule has 0 radical (unpaired) electrons. The van der Waals surface area contributed by atoms with Crippen molar-refractivity contribution < 1.29 is 4.79 Å². The van der Waals surface area contributed by atoms with Gasteiger partial charge >= 0.3 is 0 Å². The van der Waals surface area contributed by atoms with Crippen LogP contribution in [0.4, 0.5) is 5.13 Å². The minimum atomic E-state index is 0.131. The van der Waals surface area contributed by atoms with Gasteiger partial charge in [0.05, 0.1) is 10.2 Å². The van der Waals surface area contributed by atoms with Crippen molar-refractivity contribution in [1.29, 1.82) is 0 Å². The summed E-state index contributed by atoms with van der Waals surface area (Å²) in [5, 5.41) is 7.19. The molecule has 94 valence electrons. The first-order valence-corrected chi connectivity index (χ1v) is 7.02. The molecule has 0 spiro atoms. The molecule has 1 amide bonds. The summed E-state index contributed by atoms with van der Waals surface area (Å²) in [6, 6.07) is 8.29. The van der Waals surface area contributed by atoms with E-state index in [4.69, 9.17) is 0 Å². The second kappa shape index (κ2) is 4.94. The van der Waals surface area contributed by atoms with Gasteiger partial charge in [0.25, 0.3) is 0 Å². The molecule has 1 unspecified atom stereocenters. The number of amides is 1. The lowest BCUT2D eigenvalue weighted by molar-refractivity contribution is -0.120. The topological polar surface area (TPSA) is 54.0 Å². The zero-order valence-electron chi connectivity index (χ0n) is 9.98. The number of hydrogen-bond acceptors (Lipinski definition) is 4. The molecule has 1 atom stereocenters. The van der Waals surface area contributed by atoms with Gasteiger partial charge in [0, 0.05) is 19.0 Å². The van der Waals surface area contributed by atoms with E-state index in [0.717, 1.165) is 30.0 Å². The number of anilines is 1. The highest BCUT2D eigenvalue weighted by Crippen LogP contribution is 2.26. The Kier molecular flexibility index (Phi) is 3.15. The Morgan fingerprint density at radius 1 is 1.39 bits per heavy atom. The monoisotopic (exact) mass is 261 g/mol. The van der Waals surface area contributed by atoms with Crippen LogP contribution < -0.4 is 10.6 Å². The summed E-state index contributed by atoms with van der Waals surface area (Å²) < 4.78 is 1.18. The van der Waals surface area contributed by atoms with Gasteiger partial charge in [-0.1, -0.05) is 23.5 Å². The summed E-state index contributed by atoms with van der Waals surface area (Å²) in [4.78, 5) is 16.0. The van der Waals surface area contributed by atoms with Gasteiger partial charge in [0.2, 0.25) is 5.91 Å². The first-order valence-electron chi connectivity index (χ1n) is 6.20. The second-order valence-electron chi connectivity index (χ2n) is 4.52. The van der Waals surface area contributed by atoms with E-state index in [9.17, 15) is 4.79 Å². The Morgan fingerprint density at radius 3 is 3.17 bits per heavy atom. The number of nitrogens with one attached hydrogen (secondary N) is 2. The average Bonchev–Trinajstić information content (AvgIpc) is 2.65. The number of aromatic nitrogens is 1. The van der Waals surface area contributed by atoms with Crippen LogP contribution >= 0.6 is 11.3 Å². The molecule has 3 rings (SSSR count). The van der Waals surface area contributed by atoms with Gasteiger partial charge in [-0.2, -0.15) is 0 Å². The molecule has 2 aromatic rings. The fourth-order valence-corrected chi connectivity index (χ4v) is 3.15. The number of carbonyl (C=O) groups is 1. The van der Waals surface area contributed by atoms with Crippen LogP contribution in [-0.2, 0) is 4.79 Å². The summed E-state index contributed by atoms with van der Waals surface area (Å²) in [6.45, 7) is 0.789. The van der Waals surface area contributed by atoms with E-state index in [1.165, 1.54) is 4.70 Å². The molecule has 4 nitrogen and oxygen atoms in total. The highest BCUT2D eigenvalue weighted by atomic mass is 32.1. The van der Waals surface area contributed by atoms with Crippen LogP contribution in [0.3, 0.4) is 0 Å². The van der Waals surface area contributed by atoms with Crippen molar-refractivity contribution in [1.82, 2.24) is 10.3 Å². The third kappa shape index (κ3) is 2.46. The van der Waals surface area contributed by atoms with Crippen LogP contribution in [-0.4, -0.2) is 23.5 Å². The Hall–Kier alpha value is -1.62. The highest BCUT2D eigenvalue weighted by molar-refractivity contribution is 7.22. The summed E-state index contributed by atoms with van der Waals surface area (Å²) in [7, 11) is 0. The number of carbonyl (C=O) groups excluding carboxylic acids is 1. The van der Waals surface area contributed by atoms with Crippen LogP contribution in [0, 0.1) is 0 Å². The van der Waals surface area contributed by atoms with Gasteiger partial charge in [-0.15, -0.1) is 0 Å². The third-order valence-electron chi connectivity index (χ3n) is 3.10. The van der Waals surface area contributed by atoms with E-state index in [1.54, 1.807) is 11.3 Å². The minimum Gasteiger partial charge on any atom is -0.358 e. The lowest BCUT2D eigenvalue weighted by atomic mass is 10.1. The fraction of sp³-hybridized carbons (Fsp3) is 0.385. The highest BCUT2D eigenvalue weighted by Gasteiger charge is 2.18. The summed E-state index contributed by atoms with van der Waals surface area (Å²) >= 11 is 1.65.